The third-order valence-electron chi connectivity index (χ3n) is 3.63. The van der Waals surface area contributed by atoms with E-state index >= 15 is 0 Å². The number of likely N-dealkylation sites (tertiary alicyclic amines) is 1. The van der Waals surface area contributed by atoms with Crippen molar-refractivity contribution in [2.75, 3.05) is 25.9 Å². The zero-order valence-electron chi connectivity index (χ0n) is 8.94. The molecule has 1 aromatic rings. The molecule has 4 heteroatoms. The molecule has 0 N–H and O–H groups in total. The zero-order valence-corrected chi connectivity index (χ0v) is 9.76. The highest BCUT2D eigenvalue weighted by Crippen LogP contribution is 2.47. The van der Waals surface area contributed by atoms with E-state index in [2.05, 4.69) is 21.9 Å². The number of fused-ring (bicyclic) bond motifs is 2. The topological polar surface area (TPSA) is 29.0 Å². The van der Waals surface area contributed by atoms with Crippen LogP contribution < -0.4 is 0 Å². The Labute approximate surface area is 94.3 Å². The van der Waals surface area contributed by atoms with Crippen molar-refractivity contribution in [2.24, 2.45) is 0 Å². The summed E-state index contributed by atoms with van der Waals surface area (Å²) in [4.78, 5) is 12.3. The Bertz CT molecular complexity index is 372. The van der Waals surface area contributed by atoms with Crippen LogP contribution in [0, 0.1) is 0 Å². The fraction of sp³-hybridized carbons (Fsp3) is 0.636. The number of hydrogen-bond acceptors (Lipinski definition) is 4. The summed E-state index contributed by atoms with van der Waals surface area (Å²) >= 11 is 1.93. The minimum atomic E-state index is 0.357. The van der Waals surface area contributed by atoms with Crippen molar-refractivity contribution in [1.82, 2.24) is 14.9 Å². The summed E-state index contributed by atoms with van der Waals surface area (Å²) in [7, 11) is 2.20. The van der Waals surface area contributed by atoms with E-state index in [1.165, 1.54) is 42.3 Å². The Kier molecular flexibility index (Phi) is 2.21. The van der Waals surface area contributed by atoms with Crippen molar-refractivity contribution >= 4 is 11.8 Å². The molecule has 3 heterocycles. The van der Waals surface area contributed by atoms with Crippen molar-refractivity contribution in [1.29, 1.82) is 0 Å². The van der Waals surface area contributed by atoms with Gasteiger partial charge < -0.3 is 4.90 Å². The van der Waals surface area contributed by atoms with Crippen molar-refractivity contribution in [3.05, 3.63) is 18.2 Å². The summed E-state index contributed by atoms with van der Waals surface area (Å²) in [5, 5.41) is 0. The molecule has 3 rings (SSSR count). The van der Waals surface area contributed by atoms with Gasteiger partial charge in [0.25, 0.3) is 0 Å². The minimum Gasteiger partial charge on any atom is -0.306 e. The maximum atomic E-state index is 4.51. The number of hydrogen-bond donors (Lipinski definition) is 0. The van der Waals surface area contributed by atoms with Crippen molar-refractivity contribution in [3.8, 4) is 0 Å². The first-order valence-corrected chi connectivity index (χ1v) is 6.41. The van der Waals surface area contributed by atoms with E-state index in [0.29, 0.717) is 5.41 Å². The molecular weight excluding hydrogens is 206 g/mol. The Balaban J connectivity index is 1.95. The molecule has 0 unspecified atom stereocenters. The van der Waals surface area contributed by atoms with Gasteiger partial charge in [0.1, 0.15) is 6.33 Å². The summed E-state index contributed by atoms with van der Waals surface area (Å²) in [6.45, 7) is 2.40. The lowest BCUT2D eigenvalue weighted by atomic mass is 9.77. The molecule has 0 radical (unpaired) electrons. The van der Waals surface area contributed by atoms with Crippen molar-refractivity contribution in [3.63, 3.8) is 0 Å². The summed E-state index contributed by atoms with van der Waals surface area (Å²) in [5.74, 6) is 1.20. The molecule has 1 fully saturated rings. The van der Waals surface area contributed by atoms with E-state index in [0.717, 1.165) is 0 Å². The molecule has 80 valence electrons. The third-order valence-corrected chi connectivity index (χ3v) is 4.94. The number of piperidine rings is 1. The fourth-order valence-corrected chi connectivity index (χ4v) is 3.93. The van der Waals surface area contributed by atoms with Crippen LogP contribution in [0.1, 0.15) is 18.5 Å². The average Bonchev–Trinajstić information content (AvgIpc) is 2.63. The van der Waals surface area contributed by atoms with Crippen molar-refractivity contribution < 1.29 is 0 Å². The molecule has 0 amide bonds. The molecule has 1 aromatic heterocycles. The summed E-state index contributed by atoms with van der Waals surface area (Å²) in [5.41, 5.74) is 1.67. The van der Waals surface area contributed by atoms with Crippen LogP contribution in [0.3, 0.4) is 0 Å². The molecule has 1 spiro atoms. The van der Waals surface area contributed by atoms with E-state index < -0.39 is 0 Å². The first-order chi connectivity index (χ1) is 7.30. The molecular formula is C11H15N3S. The molecule has 2 aliphatic rings. The first-order valence-electron chi connectivity index (χ1n) is 5.42. The molecule has 2 aliphatic heterocycles. The second kappa shape index (κ2) is 3.46. The van der Waals surface area contributed by atoms with Gasteiger partial charge in [0.2, 0.25) is 0 Å². The predicted octanol–water partition coefficient (Wildman–Crippen LogP) is 1.55. The lowest BCUT2D eigenvalue weighted by Crippen LogP contribution is -2.41. The van der Waals surface area contributed by atoms with Gasteiger partial charge in [-0.2, -0.15) is 0 Å². The Morgan fingerprint density at radius 3 is 3.00 bits per heavy atom. The fourth-order valence-electron chi connectivity index (χ4n) is 2.53. The number of thioether (sulfide) groups is 1. The van der Waals surface area contributed by atoms with Gasteiger partial charge in [-0.3, -0.25) is 0 Å². The minimum absolute atomic E-state index is 0.357. The molecule has 3 nitrogen and oxygen atoms in total. The smallest absolute Gasteiger partial charge is 0.115 e. The van der Waals surface area contributed by atoms with E-state index in [-0.39, 0.29) is 0 Å². The van der Waals surface area contributed by atoms with Gasteiger partial charge in [-0.15, -0.1) is 11.8 Å². The summed E-state index contributed by atoms with van der Waals surface area (Å²) in [6.07, 6.45) is 6.17. The van der Waals surface area contributed by atoms with Crippen LogP contribution in [-0.2, 0) is 5.41 Å². The number of rotatable bonds is 0. The Hall–Kier alpha value is -0.610. The maximum Gasteiger partial charge on any atom is 0.115 e. The molecule has 0 aromatic carbocycles. The number of aromatic nitrogens is 2. The van der Waals surface area contributed by atoms with Gasteiger partial charge >= 0.3 is 0 Å². The van der Waals surface area contributed by atoms with Crippen LogP contribution in [0.15, 0.2) is 17.4 Å². The maximum absolute atomic E-state index is 4.51. The molecule has 0 saturated carbocycles. The van der Waals surface area contributed by atoms with Crippen LogP contribution >= 0.6 is 11.8 Å². The quantitative estimate of drug-likeness (QED) is 0.664. The van der Waals surface area contributed by atoms with Gasteiger partial charge in [-0.25, -0.2) is 9.97 Å². The van der Waals surface area contributed by atoms with Crippen LogP contribution in [-0.4, -0.2) is 40.8 Å². The molecule has 0 atom stereocenters. The van der Waals surface area contributed by atoms with E-state index in [4.69, 9.17) is 0 Å². The summed E-state index contributed by atoms with van der Waals surface area (Å²) in [6, 6.07) is 0. The van der Waals surface area contributed by atoms with Gasteiger partial charge in [0.05, 0.1) is 5.69 Å². The van der Waals surface area contributed by atoms with Crippen LogP contribution in [0.4, 0.5) is 0 Å². The molecule has 0 aliphatic carbocycles. The largest absolute Gasteiger partial charge is 0.306 e. The summed E-state index contributed by atoms with van der Waals surface area (Å²) < 4.78 is 0. The van der Waals surface area contributed by atoms with Gasteiger partial charge in [-0.1, -0.05) is 0 Å². The molecule has 15 heavy (non-hydrogen) atoms. The van der Waals surface area contributed by atoms with E-state index in [9.17, 15) is 0 Å². The molecule has 1 saturated heterocycles. The Morgan fingerprint density at radius 2 is 2.20 bits per heavy atom. The predicted molar refractivity (Wildman–Crippen MR) is 61.2 cm³/mol. The zero-order chi connectivity index (χ0) is 10.3. The van der Waals surface area contributed by atoms with Gasteiger partial charge in [-0.05, 0) is 33.0 Å². The highest BCUT2D eigenvalue weighted by Gasteiger charge is 2.42. The second-order valence-electron chi connectivity index (χ2n) is 4.61. The lowest BCUT2D eigenvalue weighted by Gasteiger charge is -2.37. The van der Waals surface area contributed by atoms with Crippen LogP contribution in [0.2, 0.25) is 0 Å². The van der Waals surface area contributed by atoms with Gasteiger partial charge in [0, 0.05) is 22.3 Å². The highest BCUT2D eigenvalue weighted by atomic mass is 32.2. The molecule has 0 bridgehead atoms. The van der Waals surface area contributed by atoms with E-state index in [1.807, 2.05) is 18.0 Å². The number of nitrogens with zero attached hydrogens (tertiary/aromatic N) is 3. The van der Waals surface area contributed by atoms with Crippen LogP contribution in [0.25, 0.3) is 0 Å². The first kappa shape index (κ1) is 9.60. The van der Waals surface area contributed by atoms with Crippen LogP contribution in [0.5, 0.6) is 0 Å². The van der Waals surface area contributed by atoms with E-state index in [1.54, 1.807) is 6.33 Å². The second-order valence-corrected chi connectivity index (χ2v) is 5.63. The normalized spacial score (nSPS) is 24.3. The van der Waals surface area contributed by atoms with Crippen molar-refractivity contribution in [2.45, 2.75) is 23.2 Å². The third kappa shape index (κ3) is 1.47. The monoisotopic (exact) mass is 221 g/mol. The Morgan fingerprint density at radius 1 is 1.40 bits per heavy atom. The average molecular weight is 221 g/mol. The standard InChI is InChI=1S/C11H15N3S/c1-14-4-2-11(3-5-14)7-15-9-6-12-8-13-10(9)11/h6,8H,2-5,7H2,1H3. The lowest BCUT2D eigenvalue weighted by molar-refractivity contribution is 0.200. The highest BCUT2D eigenvalue weighted by molar-refractivity contribution is 7.99. The SMILES string of the molecule is CN1CCC2(CC1)CSc1cncnc12. The van der Waals surface area contributed by atoms with Gasteiger partial charge in [0.15, 0.2) is 0 Å².